The van der Waals surface area contributed by atoms with Crippen LogP contribution in [0.15, 0.2) is 35.4 Å². The molecule has 0 saturated heterocycles. The van der Waals surface area contributed by atoms with Crippen molar-refractivity contribution in [2.75, 3.05) is 12.5 Å². The maximum Gasteiger partial charge on any atom is 0.272 e. The molecule has 0 aliphatic rings. The Balaban J connectivity index is 2.20. The van der Waals surface area contributed by atoms with Gasteiger partial charge in [-0.1, -0.05) is 0 Å². The third-order valence-electron chi connectivity index (χ3n) is 3.25. The molecule has 1 heterocycles. The molecular formula is C17H19N3O2S2. The summed E-state index contributed by atoms with van der Waals surface area (Å²) in [6.45, 7) is 3.29. The summed E-state index contributed by atoms with van der Waals surface area (Å²) in [4.78, 5) is 17.7. The molecule has 2 rings (SSSR count). The van der Waals surface area contributed by atoms with Gasteiger partial charge < -0.3 is 10.1 Å². The zero-order valence-electron chi connectivity index (χ0n) is 14.0. The normalized spacial score (nSPS) is 12.5. The van der Waals surface area contributed by atoms with E-state index in [1.165, 1.54) is 11.8 Å². The Morgan fingerprint density at radius 1 is 1.38 bits per heavy atom. The summed E-state index contributed by atoms with van der Waals surface area (Å²) in [5.41, 5.74) is -0.794. The first-order valence-corrected chi connectivity index (χ1v) is 9.76. The zero-order valence-corrected chi connectivity index (χ0v) is 15.6. The van der Waals surface area contributed by atoms with Crippen molar-refractivity contribution < 1.29 is 9.53 Å². The molecule has 0 spiro atoms. The summed E-state index contributed by atoms with van der Waals surface area (Å²) in [6, 6.07) is 9.60. The van der Waals surface area contributed by atoms with Gasteiger partial charge in [-0.3, -0.25) is 9.78 Å². The average molecular weight is 361 g/mol. The van der Waals surface area contributed by atoms with E-state index in [1.54, 1.807) is 37.9 Å². The van der Waals surface area contributed by atoms with E-state index in [2.05, 4.69) is 10.3 Å². The number of aromatic nitrogens is 1. The van der Waals surface area contributed by atoms with E-state index in [0.717, 1.165) is 15.8 Å². The number of amides is 1. The molecule has 0 bridgehead atoms. The minimum Gasteiger partial charge on any atom is -0.470 e. The highest BCUT2D eigenvalue weighted by Gasteiger charge is 2.26. The predicted octanol–water partition coefficient (Wildman–Crippen LogP) is 3.44. The summed E-state index contributed by atoms with van der Waals surface area (Å²) in [5, 5.41) is 12.7. The number of ether oxygens (including phenoxy) is 1. The van der Waals surface area contributed by atoms with Gasteiger partial charge in [0.25, 0.3) is 5.91 Å². The fourth-order valence-electron chi connectivity index (χ4n) is 2.00. The van der Waals surface area contributed by atoms with Crippen LogP contribution in [-0.4, -0.2) is 34.4 Å². The fourth-order valence-corrected chi connectivity index (χ4v) is 2.88. The standard InChI is InChI=1S/C17H19N3O2S2/c1-17(2,10-18)20-15(21)16(24-4)22-12-5-6-14-11(7-12)8-13(23-3)9-19-14/h5-9,16H,1-4H3,(H,20,21). The molecule has 0 aliphatic heterocycles. The van der Waals surface area contributed by atoms with Crippen LogP contribution in [0, 0.1) is 11.3 Å². The second-order valence-electron chi connectivity index (χ2n) is 5.64. The molecule has 2 aromatic rings. The first-order valence-electron chi connectivity index (χ1n) is 7.25. The molecule has 0 radical (unpaired) electrons. The van der Waals surface area contributed by atoms with Crippen LogP contribution in [0.2, 0.25) is 0 Å². The van der Waals surface area contributed by atoms with Gasteiger partial charge in [0.1, 0.15) is 11.3 Å². The smallest absolute Gasteiger partial charge is 0.272 e. The van der Waals surface area contributed by atoms with Crippen molar-refractivity contribution in [1.82, 2.24) is 10.3 Å². The fraction of sp³-hybridized carbons (Fsp3) is 0.353. The van der Waals surface area contributed by atoms with Crippen LogP contribution in [0.1, 0.15) is 13.8 Å². The molecule has 0 fully saturated rings. The second-order valence-corrected chi connectivity index (χ2v) is 7.42. The first-order chi connectivity index (χ1) is 11.4. The van der Waals surface area contributed by atoms with E-state index in [1.807, 2.05) is 36.7 Å². The first kappa shape index (κ1) is 18.4. The van der Waals surface area contributed by atoms with Gasteiger partial charge in [-0.15, -0.1) is 23.5 Å². The van der Waals surface area contributed by atoms with Crippen molar-refractivity contribution in [1.29, 1.82) is 5.26 Å². The molecule has 1 aromatic heterocycles. The highest BCUT2D eigenvalue weighted by Crippen LogP contribution is 2.25. The molecular weight excluding hydrogens is 342 g/mol. The van der Waals surface area contributed by atoms with Crippen molar-refractivity contribution in [2.45, 2.75) is 29.7 Å². The third kappa shape index (κ3) is 4.56. The Morgan fingerprint density at radius 3 is 2.75 bits per heavy atom. The Hall–Kier alpha value is -1.91. The number of rotatable bonds is 6. The predicted molar refractivity (Wildman–Crippen MR) is 99.3 cm³/mol. The molecule has 0 aliphatic carbocycles. The number of pyridine rings is 1. The number of carbonyl (C=O) groups excluding carboxylic acids is 1. The Labute approximate surface area is 150 Å². The van der Waals surface area contributed by atoms with Gasteiger partial charge in [-0.05, 0) is 50.6 Å². The van der Waals surface area contributed by atoms with Gasteiger partial charge in [0.15, 0.2) is 0 Å². The number of hydrogen-bond donors (Lipinski definition) is 1. The number of carbonyl (C=O) groups is 1. The molecule has 1 amide bonds. The highest BCUT2D eigenvalue weighted by atomic mass is 32.2. The summed E-state index contributed by atoms with van der Waals surface area (Å²) in [5.74, 6) is 0.261. The maximum absolute atomic E-state index is 12.3. The van der Waals surface area contributed by atoms with Crippen LogP contribution in [0.5, 0.6) is 5.75 Å². The number of hydrogen-bond acceptors (Lipinski definition) is 6. The summed E-state index contributed by atoms with van der Waals surface area (Å²) in [7, 11) is 0. The monoisotopic (exact) mass is 361 g/mol. The van der Waals surface area contributed by atoms with Crippen molar-refractivity contribution >= 4 is 40.3 Å². The molecule has 0 saturated carbocycles. The molecule has 1 unspecified atom stereocenters. The number of benzene rings is 1. The average Bonchev–Trinajstić information content (AvgIpc) is 2.58. The van der Waals surface area contributed by atoms with Gasteiger partial charge in [-0.2, -0.15) is 5.26 Å². The lowest BCUT2D eigenvalue weighted by molar-refractivity contribution is -0.125. The maximum atomic E-state index is 12.3. The SMILES string of the molecule is CSc1cnc2ccc(OC(SC)C(=O)NC(C)(C)C#N)cc2c1. The van der Waals surface area contributed by atoms with Crippen LogP contribution >= 0.6 is 23.5 Å². The highest BCUT2D eigenvalue weighted by molar-refractivity contribution is 7.99. The molecule has 1 N–H and O–H groups in total. The van der Waals surface area contributed by atoms with Gasteiger partial charge >= 0.3 is 0 Å². The van der Waals surface area contributed by atoms with E-state index in [-0.39, 0.29) is 5.91 Å². The number of fused-ring (bicyclic) bond motifs is 1. The number of nitrogens with zero attached hydrogens (tertiary/aromatic N) is 2. The molecule has 24 heavy (non-hydrogen) atoms. The van der Waals surface area contributed by atoms with E-state index < -0.39 is 11.0 Å². The molecule has 1 atom stereocenters. The second kappa shape index (κ2) is 7.77. The Kier molecular flexibility index (Phi) is 5.97. The van der Waals surface area contributed by atoms with E-state index in [9.17, 15) is 4.79 Å². The number of nitriles is 1. The van der Waals surface area contributed by atoms with Gasteiger partial charge in [0.05, 0.1) is 11.6 Å². The Bertz CT molecular complexity index is 787. The molecule has 126 valence electrons. The van der Waals surface area contributed by atoms with Crippen LogP contribution in [-0.2, 0) is 4.79 Å². The molecule has 5 nitrogen and oxygen atoms in total. The molecule has 7 heteroatoms. The van der Waals surface area contributed by atoms with E-state index >= 15 is 0 Å². The number of nitrogens with one attached hydrogen (secondary N) is 1. The lowest BCUT2D eigenvalue weighted by atomic mass is 10.1. The zero-order chi connectivity index (χ0) is 17.7. The van der Waals surface area contributed by atoms with Crippen molar-refractivity contribution in [2.24, 2.45) is 0 Å². The minimum atomic E-state index is -0.936. The van der Waals surface area contributed by atoms with Crippen LogP contribution in [0.4, 0.5) is 0 Å². The van der Waals surface area contributed by atoms with E-state index in [4.69, 9.17) is 10.00 Å². The number of thioether (sulfide) groups is 2. The summed E-state index contributed by atoms with van der Waals surface area (Å²) >= 11 is 2.89. The van der Waals surface area contributed by atoms with Crippen molar-refractivity contribution in [3.05, 3.63) is 30.5 Å². The van der Waals surface area contributed by atoms with Gasteiger partial charge in [0, 0.05) is 16.5 Å². The largest absolute Gasteiger partial charge is 0.470 e. The van der Waals surface area contributed by atoms with Crippen LogP contribution in [0.25, 0.3) is 10.9 Å². The van der Waals surface area contributed by atoms with Crippen molar-refractivity contribution in [3.63, 3.8) is 0 Å². The van der Waals surface area contributed by atoms with Crippen LogP contribution < -0.4 is 10.1 Å². The van der Waals surface area contributed by atoms with E-state index in [0.29, 0.717) is 5.75 Å². The summed E-state index contributed by atoms with van der Waals surface area (Å²) < 4.78 is 5.80. The van der Waals surface area contributed by atoms with Crippen molar-refractivity contribution in [3.8, 4) is 11.8 Å². The third-order valence-corrected chi connectivity index (χ3v) is 4.68. The van der Waals surface area contributed by atoms with Gasteiger partial charge in [-0.25, -0.2) is 0 Å². The van der Waals surface area contributed by atoms with Crippen LogP contribution in [0.3, 0.4) is 0 Å². The minimum absolute atomic E-state index is 0.329. The molecule has 1 aromatic carbocycles. The lowest BCUT2D eigenvalue weighted by Gasteiger charge is -2.22. The lowest BCUT2D eigenvalue weighted by Crippen LogP contribution is -2.47. The summed E-state index contributed by atoms with van der Waals surface area (Å²) in [6.07, 6.45) is 5.61. The topological polar surface area (TPSA) is 75.0 Å². The Morgan fingerprint density at radius 2 is 2.12 bits per heavy atom. The quantitative estimate of drug-likeness (QED) is 0.627. The van der Waals surface area contributed by atoms with Gasteiger partial charge in [0.2, 0.25) is 5.44 Å².